The van der Waals surface area contributed by atoms with Crippen LogP contribution >= 0.6 is 11.6 Å². The van der Waals surface area contributed by atoms with Crippen molar-refractivity contribution in [1.82, 2.24) is 8.87 Å². The van der Waals surface area contributed by atoms with Crippen LogP contribution in [-0.4, -0.2) is 48.9 Å². The summed E-state index contributed by atoms with van der Waals surface area (Å²) in [6.07, 6.45) is 2.31. The first-order chi connectivity index (χ1) is 13.7. The van der Waals surface area contributed by atoms with Gasteiger partial charge >= 0.3 is 5.97 Å². The second-order valence-electron chi connectivity index (χ2n) is 6.84. The minimum absolute atomic E-state index is 0.0564. The predicted molar refractivity (Wildman–Crippen MR) is 108 cm³/mol. The number of hydrogen-bond donors (Lipinski definition) is 1. The minimum atomic E-state index is -3.97. The highest BCUT2D eigenvalue weighted by molar-refractivity contribution is 7.89. The van der Waals surface area contributed by atoms with E-state index in [1.54, 1.807) is 32.2 Å². The molecule has 8 nitrogen and oxygen atoms in total. The van der Waals surface area contributed by atoms with Gasteiger partial charge in [-0.2, -0.15) is 4.31 Å². The third kappa shape index (κ3) is 4.03. The molecule has 2 aromatic rings. The lowest BCUT2D eigenvalue weighted by molar-refractivity contribution is -0.119. The lowest BCUT2D eigenvalue weighted by atomic mass is 10.1. The zero-order valence-corrected chi connectivity index (χ0v) is 17.9. The van der Waals surface area contributed by atoms with Gasteiger partial charge in [-0.05, 0) is 43.5 Å². The molecular weight excluding hydrogens is 418 g/mol. The number of hydrogen-bond acceptors (Lipinski definition) is 5. The van der Waals surface area contributed by atoms with Gasteiger partial charge in [0.15, 0.2) is 0 Å². The molecule has 1 aliphatic heterocycles. The highest BCUT2D eigenvalue weighted by atomic mass is 35.5. The van der Waals surface area contributed by atoms with Crippen LogP contribution in [0.2, 0.25) is 5.02 Å². The van der Waals surface area contributed by atoms with Crippen molar-refractivity contribution in [3.05, 3.63) is 46.7 Å². The smallest absolute Gasteiger partial charge is 0.354 e. The molecule has 10 heteroatoms. The molecule has 1 fully saturated rings. The number of esters is 1. The van der Waals surface area contributed by atoms with Crippen LogP contribution < -0.4 is 5.32 Å². The maximum atomic E-state index is 13.2. The summed E-state index contributed by atoms with van der Waals surface area (Å²) in [5.41, 5.74) is 1.36. The molecule has 1 N–H and O–H groups in total. The van der Waals surface area contributed by atoms with E-state index in [0.29, 0.717) is 29.1 Å². The van der Waals surface area contributed by atoms with Crippen molar-refractivity contribution in [2.45, 2.75) is 30.7 Å². The molecule has 0 aliphatic carbocycles. The first-order valence-corrected chi connectivity index (χ1v) is 10.8. The summed E-state index contributed by atoms with van der Waals surface area (Å²) in [5, 5.41) is 3.29. The Bertz CT molecular complexity index is 1060. The quantitative estimate of drug-likeness (QED) is 0.722. The zero-order valence-electron chi connectivity index (χ0n) is 16.3. The number of carbonyl (C=O) groups is 2. The summed E-state index contributed by atoms with van der Waals surface area (Å²) >= 11 is 6.10. The lowest BCUT2D eigenvalue weighted by Gasteiger charge is -2.23. The van der Waals surface area contributed by atoms with E-state index in [4.69, 9.17) is 11.6 Å². The summed E-state index contributed by atoms with van der Waals surface area (Å²) in [6.45, 7) is 2.00. The molecule has 0 radical (unpaired) electrons. The van der Waals surface area contributed by atoms with Crippen LogP contribution in [0.1, 0.15) is 28.9 Å². The average molecular weight is 440 g/mol. The first-order valence-electron chi connectivity index (χ1n) is 8.99. The summed E-state index contributed by atoms with van der Waals surface area (Å²) in [4.78, 5) is 24.6. The molecule has 0 bridgehead atoms. The van der Waals surface area contributed by atoms with E-state index in [2.05, 4.69) is 10.1 Å². The number of anilines is 1. The Morgan fingerprint density at radius 1 is 1.31 bits per heavy atom. The average Bonchev–Trinajstić information content (AvgIpc) is 3.32. The number of aromatic nitrogens is 1. The van der Waals surface area contributed by atoms with Gasteiger partial charge in [-0.15, -0.1) is 0 Å². The molecule has 0 saturated carbocycles. The van der Waals surface area contributed by atoms with E-state index in [0.717, 1.165) is 0 Å². The Kier molecular flexibility index (Phi) is 6.02. The van der Waals surface area contributed by atoms with Gasteiger partial charge in [0.2, 0.25) is 15.9 Å². The number of nitrogens with zero attached hydrogens (tertiary/aromatic N) is 2. The van der Waals surface area contributed by atoms with E-state index in [9.17, 15) is 18.0 Å². The van der Waals surface area contributed by atoms with E-state index in [1.165, 1.54) is 28.2 Å². The van der Waals surface area contributed by atoms with E-state index in [1.807, 2.05) is 0 Å². The van der Waals surface area contributed by atoms with Gasteiger partial charge in [0.1, 0.15) is 16.6 Å². The van der Waals surface area contributed by atoms with Crippen molar-refractivity contribution in [3.8, 4) is 0 Å². The second-order valence-corrected chi connectivity index (χ2v) is 9.14. The van der Waals surface area contributed by atoms with Gasteiger partial charge in [0.25, 0.3) is 0 Å². The molecule has 1 amide bonds. The van der Waals surface area contributed by atoms with Crippen LogP contribution in [0.15, 0.2) is 35.4 Å². The number of methoxy groups -OCH3 is 1. The van der Waals surface area contributed by atoms with E-state index in [-0.39, 0.29) is 17.1 Å². The maximum Gasteiger partial charge on any atom is 0.354 e. The number of amides is 1. The highest BCUT2D eigenvalue weighted by Crippen LogP contribution is 2.29. The van der Waals surface area contributed by atoms with Crippen LogP contribution in [0.5, 0.6) is 0 Å². The number of aryl methyl sites for hydroxylation is 1. The van der Waals surface area contributed by atoms with Crippen LogP contribution in [-0.2, 0) is 26.6 Å². The van der Waals surface area contributed by atoms with Gasteiger partial charge in [0.05, 0.1) is 7.11 Å². The summed E-state index contributed by atoms with van der Waals surface area (Å²) in [5.74, 6) is -1.05. The van der Waals surface area contributed by atoms with Crippen molar-refractivity contribution in [2.24, 2.45) is 7.05 Å². The van der Waals surface area contributed by atoms with Crippen LogP contribution in [0.25, 0.3) is 0 Å². The summed E-state index contributed by atoms with van der Waals surface area (Å²) in [7, 11) is -1.19. The van der Waals surface area contributed by atoms with Gasteiger partial charge in [0, 0.05) is 30.5 Å². The molecular formula is C19H22ClN3O5S. The molecule has 1 saturated heterocycles. The molecule has 1 aliphatic rings. The van der Waals surface area contributed by atoms with Gasteiger partial charge in [-0.3, -0.25) is 4.79 Å². The Hall–Kier alpha value is -2.36. The maximum absolute atomic E-state index is 13.2. The summed E-state index contributed by atoms with van der Waals surface area (Å²) < 4.78 is 33.6. The fourth-order valence-electron chi connectivity index (χ4n) is 3.37. The standard InChI is InChI=1S/C19H22ClN3O5S/c1-12-14(20)6-4-7-15(12)21-18(24)16-8-5-9-23(16)29(26,27)13-10-17(19(25)28-3)22(2)11-13/h4,6-7,10-11,16H,5,8-9H2,1-3H3,(H,21,24). The molecule has 1 aromatic heterocycles. The molecule has 29 heavy (non-hydrogen) atoms. The highest BCUT2D eigenvalue weighted by Gasteiger charge is 2.40. The number of halogens is 1. The predicted octanol–water partition coefficient (Wildman–Crippen LogP) is 2.57. The largest absolute Gasteiger partial charge is 0.464 e. The third-order valence-corrected chi connectivity index (χ3v) is 7.30. The number of nitrogens with one attached hydrogen (secondary N) is 1. The Morgan fingerprint density at radius 3 is 2.72 bits per heavy atom. The number of sulfonamides is 1. The van der Waals surface area contributed by atoms with Gasteiger partial charge in [-0.25, -0.2) is 13.2 Å². The molecule has 1 aromatic carbocycles. The monoisotopic (exact) mass is 439 g/mol. The molecule has 1 atom stereocenters. The zero-order chi connectivity index (χ0) is 21.3. The van der Waals surface area contributed by atoms with E-state index >= 15 is 0 Å². The molecule has 0 spiro atoms. The Balaban J connectivity index is 1.87. The van der Waals surface area contributed by atoms with Gasteiger partial charge in [-0.1, -0.05) is 17.7 Å². The SMILES string of the molecule is COC(=O)c1cc(S(=O)(=O)N2CCCC2C(=O)Nc2cccc(Cl)c2C)cn1C. The Labute approximate surface area is 174 Å². The fourth-order valence-corrected chi connectivity index (χ4v) is 5.27. The number of benzene rings is 1. The van der Waals surface area contributed by atoms with Crippen LogP contribution in [0.3, 0.4) is 0 Å². The molecule has 1 unspecified atom stereocenters. The van der Waals surface area contributed by atoms with Crippen LogP contribution in [0.4, 0.5) is 5.69 Å². The normalized spacial score (nSPS) is 17.3. The van der Waals surface area contributed by atoms with Gasteiger partial charge < -0.3 is 14.6 Å². The van der Waals surface area contributed by atoms with Crippen molar-refractivity contribution in [1.29, 1.82) is 0 Å². The second kappa shape index (κ2) is 8.17. The minimum Gasteiger partial charge on any atom is -0.464 e. The van der Waals surface area contributed by atoms with Crippen molar-refractivity contribution in [3.63, 3.8) is 0 Å². The Morgan fingerprint density at radius 2 is 2.03 bits per heavy atom. The summed E-state index contributed by atoms with van der Waals surface area (Å²) in [6, 6.07) is 5.56. The van der Waals surface area contributed by atoms with E-state index < -0.39 is 27.9 Å². The fraction of sp³-hybridized carbons (Fsp3) is 0.368. The lowest BCUT2D eigenvalue weighted by Crippen LogP contribution is -2.43. The number of carbonyl (C=O) groups excluding carboxylic acids is 2. The molecule has 2 heterocycles. The van der Waals surface area contributed by atoms with Crippen LogP contribution in [0, 0.1) is 6.92 Å². The number of ether oxygens (including phenoxy) is 1. The number of rotatable bonds is 5. The van der Waals surface area contributed by atoms with Crippen molar-refractivity contribution < 1.29 is 22.7 Å². The molecule has 3 rings (SSSR count). The van der Waals surface area contributed by atoms with Crippen molar-refractivity contribution in [2.75, 3.05) is 19.0 Å². The third-order valence-electron chi connectivity index (χ3n) is 5.01. The molecule has 156 valence electrons. The van der Waals surface area contributed by atoms with Crippen molar-refractivity contribution >= 4 is 39.2 Å². The first kappa shape index (κ1) is 21.4. The topological polar surface area (TPSA) is 97.7 Å².